The van der Waals surface area contributed by atoms with Crippen molar-refractivity contribution < 1.29 is 19.2 Å². The summed E-state index contributed by atoms with van der Waals surface area (Å²) >= 11 is 25.0. The number of carbonyl (C=O) groups is 4. The van der Waals surface area contributed by atoms with Crippen LogP contribution >= 0.6 is 46.4 Å². The van der Waals surface area contributed by atoms with E-state index in [1.165, 1.54) is 24.3 Å². The van der Waals surface area contributed by atoms with Crippen LogP contribution in [-0.4, -0.2) is 33.6 Å². The second kappa shape index (κ2) is 13.3. The molecule has 0 atom stereocenters. The van der Waals surface area contributed by atoms with Gasteiger partial charge in [0.25, 0.3) is 23.6 Å². The maximum atomic E-state index is 12.9. The topological polar surface area (TPSA) is 148 Å². The van der Waals surface area contributed by atoms with Gasteiger partial charge < -0.3 is 31.2 Å². The highest BCUT2D eigenvalue weighted by molar-refractivity contribution is 6.47. The van der Waals surface area contributed by atoms with Crippen molar-refractivity contribution >= 4 is 92.8 Å². The number of rotatable bonds is 8. The fourth-order valence-corrected chi connectivity index (χ4v) is 4.90. The van der Waals surface area contributed by atoms with Crippen LogP contribution in [0.4, 0.5) is 22.7 Å². The normalized spacial score (nSPS) is 10.6. The Bertz CT molecular complexity index is 1740. The van der Waals surface area contributed by atoms with Gasteiger partial charge in [-0.2, -0.15) is 0 Å². The Morgan fingerprint density at radius 3 is 0.864 bits per heavy atom. The Hall–Kier alpha value is -4.74. The summed E-state index contributed by atoms with van der Waals surface area (Å²) in [6, 6.07) is 23.5. The van der Waals surface area contributed by atoms with Crippen molar-refractivity contribution in [3.05, 3.63) is 128 Å². The van der Waals surface area contributed by atoms with E-state index < -0.39 is 23.6 Å². The fraction of sp³-hybridized carbons (Fsp3) is 0. The summed E-state index contributed by atoms with van der Waals surface area (Å²) in [7, 11) is 0. The maximum absolute atomic E-state index is 12.9. The van der Waals surface area contributed by atoms with Crippen LogP contribution in [0, 0.1) is 0 Å². The largest absolute Gasteiger partial charge is 0.344 e. The Kier molecular flexibility index (Phi) is 9.26. The molecule has 0 bridgehead atoms. The fourth-order valence-electron chi connectivity index (χ4n) is 3.99. The lowest BCUT2D eigenvalue weighted by atomic mass is 10.2. The van der Waals surface area contributed by atoms with E-state index in [0.29, 0.717) is 22.7 Å². The van der Waals surface area contributed by atoms with E-state index in [1.807, 2.05) is 0 Å². The molecular weight excluding hydrogens is 650 g/mol. The van der Waals surface area contributed by atoms with Gasteiger partial charge in [0.2, 0.25) is 0 Å². The van der Waals surface area contributed by atoms with Gasteiger partial charge in [-0.15, -0.1) is 0 Å². The Balaban J connectivity index is 1.23. The van der Waals surface area contributed by atoms with E-state index in [1.54, 1.807) is 60.7 Å². The lowest BCUT2D eigenvalue weighted by Crippen LogP contribution is -2.16. The summed E-state index contributed by atoms with van der Waals surface area (Å²) in [6.45, 7) is 0. The van der Waals surface area contributed by atoms with E-state index in [9.17, 15) is 19.2 Å². The minimum Gasteiger partial charge on any atom is -0.344 e. The molecule has 0 saturated heterocycles. The average molecular weight is 670 g/mol. The number of benzene rings is 3. The van der Waals surface area contributed by atoms with Gasteiger partial charge in [0.15, 0.2) is 0 Å². The maximum Gasteiger partial charge on any atom is 0.273 e. The molecule has 0 radical (unpaired) electrons. The number of halogens is 4. The molecule has 5 aromatic rings. The van der Waals surface area contributed by atoms with Gasteiger partial charge in [0.1, 0.15) is 22.8 Å². The van der Waals surface area contributed by atoms with Crippen molar-refractivity contribution in [3.63, 3.8) is 0 Å². The first kappa shape index (κ1) is 30.7. The number of hydrogen-bond acceptors (Lipinski definition) is 4. The molecule has 0 aliphatic heterocycles. The summed E-state index contributed by atoms with van der Waals surface area (Å²) < 4.78 is 0. The van der Waals surface area contributed by atoms with E-state index in [4.69, 9.17) is 46.4 Å². The number of carbonyl (C=O) groups excluding carboxylic acids is 4. The number of aromatic amines is 2. The number of aromatic nitrogens is 2. The molecule has 0 fully saturated rings. The number of anilines is 4. The van der Waals surface area contributed by atoms with Crippen LogP contribution in [0.2, 0.25) is 20.1 Å². The van der Waals surface area contributed by atoms with Crippen molar-refractivity contribution in [2.75, 3.05) is 21.3 Å². The van der Waals surface area contributed by atoms with Crippen LogP contribution in [0.3, 0.4) is 0 Å². The van der Waals surface area contributed by atoms with Crippen molar-refractivity contribution in [1.29, 1.82) is 0 Å². The summed E-state index contributed by atoms with van der Waals surface area (Å²) in [5.41, 5.74) is 1.40. The molecule has 222 valence electrons. The zero-order valence-corrected chi connectivity index (χ0v) is 25.3. The first-order chi connectivity index (χ1) is 21.1. The molecule has 14 heteroatoms. The molecular formula is C30H20Cl4N6O4. The molecule has 0 saturated carbocycles. The summed E-state index contributed by atoms with van der Waals surface area (Å²) in [5.74, 6) is -2.45. The number of nitrogens with one attached hydrogen (secondary N) is 6. The van der Waals surface area contributed by atoms with Crippen LogP contribution in [0.25, 0.3) is 0 Å². The molecule has 5 rings (SSSR count). The van der Waals surface area contributed by atoms with Crippen LogP contribution in [-0.2, 0) is 0 Å². The van der Waals surface area contributed by atoms with E-state index >= 15 is 0 Å². The highest BCUT2D eigenvalue weighted by Gasteiger charge is 2.25. The van der Waals surface area contributed by atoms with Crippen LogP contribution in [0.5, 0.6) is 0 Å². The third-order valence-electron chi connectivity index (χ3n) is 6.14. The Morgan fingerprint density at radius 1 is 0.386 bits per heavy atom. The molecule has 4 amide bonds. The van der Waals surface area contributed by atoms with Gasteiger partial charge in [-0.1, -0.05) is 82.8 Å². The van der Waals surface area contributed by atoms with Crippen molar-refractivity contribution in [1.82, 2.24) is 9.97 Å². The summed E-state index contributed by atoms with van der Waals surface area (Å²) in [5, 5.41) is 10.2. The first-order valence-electron chi connectivity index (χ1n) is 12.7. The second-order valence-electron chi connectivity index (χ2n) is 9.13. The third kappa shape index (κ3) is 6.74. The van der Waals surface area contributed by atoms with Crippen molar-refractivity contribution in [2.45, 2.75) is 0 Å². The SMILES string of the molecule is O=C(Nc1ccccc1)c1[nH]c(C(=O)Nc2ccc(NC(=O)c3[nH]c(C(=O)Nc4ccccc4)c(Cl)c3Cl)cc2)c(Cl)c1Cl. The third-order valence-corrected chi connectivity index (χ3v) is 7.84. The van der Waals surface area contributed by atoms with Gasteiger partial charge in [0, 0.05) is 22.7 Å². The minimum atomic E-state index is -0.651. The van der Waals surface area contributed by atoms with Gasteiger partial charge in [-0.3, -0.25) is 19.2 Å². The quantitative estimate of drug-likeness (QED) is 0.0994. The number of para-hydroxylation sites is 2. The van der Waals surface area contributed by atoms with Gasteiger partial charge in [-0.25, -0.2) is 0 Å². The lowest BCUT2D eigenvalue weighted by molar-refractivity contribution is 0.100. The smallest absolute Gasteiger partial charge is 0.273 e. The first-order valence-corrected chi connectivity index (χ1v) is 14.2. The van der Waals surface area contributed by atoms with Crippen molar-refractivity contribution in [2.24, 2.45) is 0 Å². The Morgan fingerprint density at radius 2 is 0.614 bits per heavy atom. The highest BCUT2D eigenvalue weighted by Crippen LogP contribution is 2.32. The predicted molar refractivity (Wildman–Crippen MR) is 173 cm³/mol. The molecule has 44 heavy (non-hydrogen) atoms. The monoisotopic (exact) mass is 668 g/mol. The number of amides is 4. The molecule has 0 spiro atoms. The highest BCUT2D eigenvalue weighted by atomic mass is 35.5. The molecule has 2 heterocycles. The second-order valence-corrected chi connectivity index (χ2v) is 10.6. The summed E-state index contributed by atoms with van der Waals surface area (Å²) in [4.78, 5) is 56.5. The average Bonchev–Trinajstić information content (AvgIpc) is 3.49. The zero-order chi connectivity index (χ0) is 31.4. The van der Waals surface area contributed by atoms with E-state index in [0.717, 1.165) is 0 Å². The van der Waals surface area contributed by atoms with Gasteiger partial charge >= 0.3 is 0 Å². The van der Waals surface area contributed by atoms with E-state index in [2.05, 4.69) is 31.2 Å². The zero-order valence-electron chi connectivity index (χ0n) is 22.2. The molecule has 10 nitrogen and oxygen atoms in total. The Labute approximate surface area is 270 Å². The van der Waals surface area contributed by atoms with Crippen LogP contribution in [0.1, 0.15) is 42.0 Å². The molecule has 6 N–H and O–H groups in total. The molecule has 0 aliphatic rings. The molecule has 0 unspecified atom stereocenters. The predicted octanol–water partition coefficient (Wildman–Crippen LogP) is 7.97. The standard InChI is InChI=1S/C30H20Cl4N6O4/c31-19-21(33)25(39-23(19)27(41)35-15-7-3-1-4-8-15)29(43)37-17-11-13-18(14-12-17)38-30(44)26-22(34)20(32)24(40-26)28(42)36-16-9-5-2-6-10-16/h1-14,39-40H,(H,35,41)(H,36,42)(H,37,43)(H,38,44). The van der Waals surface area contributed by atoms with E-state index in [-0.39, 0.29) is 42.9 Å². The van der Waals surface area contributed by atoms with Crippen LogP contribution < -0.4 is 21.3 Å². The minimum absolute atomic E-state index is 0.0764. The molecule has 0 aliphatic carbocycles. The van der Waals surface area contributed by atoms with Crippen LogP contribution in [0.15, 0.2) is 84.9 Å². The van der Waals surface area contributed by atoms with Gasteiger partial charge in [0.05, 0.1) is 20.1 Å². The number of hydrogen-bond donors (Lipinski definition) is 6. The molecule has 3 aromatic carbocycles. The van der Waals surface area contributed by atoms with Crippen molar-refractivity contribution in [3.8, 4) is 0 Å². The summed E-state index contributed by atoms with van der Waals surface area (Å²) in [6.07, 6.45) is 0. The molecule has 2 aromatic heterocycles. The lowest BCUT2D eigenvalue weighted by Gasteiger charge is -2.08. The van der Waals surface area contributed by atoms with Gasteiger partial charge in [-0.05, 0) is 48.5 Å². The number of H-pyrrole nitrogens is 2.